The first-order chi connectivity index (χ1) is 10.4. The third-order valence-electron chi connectivity index (χ3n) is 3.65. The van der Waals surface area contributed by atoms with Gasteiger partial charge in [0.1, 0.15) is 0 Å². The SMILES string of the molecule is CCCN=CCc1c(-c2ccccc2)[nH]c2ccccc12. The van der Waals surface area contributed by atoms with Gasteiger partial charge in [-0.15, -0.1) is 0 Å². The van der Waals surface area contributed by atoms with Crippen molar-refractivity contribution in [3.05, 3.63) is 60.2 Å². The number of rotatable bonds is 5. The van der Waals surface area contributed by atoms with E-state index in [4.69, 9.17) is 0 Å². The van der Waals surface area contributed by atoms with Crippen LogP contribution in [0.25, 0.3) is 22.2 Å². The Morgan fingerprint density at radius 3 is 2.57 bits per heavy atom. The van der Waals surface area contributed by atoms with Gasteiger partial charge in [0, 0.05) is 30.1 Å². The Balaban J connectivity index is 2.06. The largest absolute Gasteiger partial charge is 0.354 e. The van der Waals surface area contributed by atoms with Crippen molar-refractivity contribution < 1.29 is 0 Å². The highest BCUT2D eigenvalue weighted by atomic mass is 14.7. The van der Waals surface area contributed by atoms with Gasteiger partial charge in [0.2, 0.25) is 0 Å². The second-order valence-electron chi connectivity index (χ2n) is 5.18. The molecule has 0 aliphatic heterocycles. The summed E-state index contributed by atoms with van der Waals surface area (Å²) in [5.74, 6) is 0. The van der Waals surface area contributed by atoms with Crippen molar-refractivity contribution in [1.29, 1.82) is 0 Å². The maximum absolute atomic E-state index is 4.47. The Labute approximate surface area is 125 Å². The quantitative estimate of drug-likeness (QED) is 0.645. The van der Waals surface area contributed by atoms with Crippen LogP contribution in [0.5, 0.6) is 0 Å². The molecule has 0 aliphatic rings. The molecule has 106 valence electrons. The summed E-state index contributed by atoms with van der Waals surface area (Å²) in [7, 11) is 0. The van der Waals surface area contributed by atoms with Gasteiger partial charge in [-0.2, -0.15) is 0 Å². The molecule has 1 N–H and O–H groups in total. The van der Waals surface area contributed by atoms with E-state index in [1.165, 1.54) is 27.7 Å². The van der Waals surface area contributed by atoms with Crippen molar-refractivity contribution in [3.8, 4) is 11.3 Å². The molecular formula is C19H20N2. The zero-order valence-corrected chi connectivity index (χ0v) is 12.3. The van der Waals surface area contributed by atoms with Gasteiger partial charge in [-0.25, -0.2) is 0 Å². The molecule has 3 aromatic rings. The van der Waals surface area contributed by atoms with Crippen molar-refractivity contribution in [3.63, 3.8) is 0 Å². The van der Waals surface area contributed by atoms with Gasteiger partial charge in [0.25, 0.3) is 0 Å². The lowest BCUT2D eigenvalue weighted by Gasteiger charge is -2.02. The number of nitrogens with zero attached hydrogens (tertiary/aromatic N) is 1. The predicted octanol–water partition coefficient (Wildman–Crippen LogP) is 4.86. The number of para-hydroxylation sites is 1. The molecule has 2 aromatic carbocycles. The summed E-state index contributed by atoms with van der Waals surface area (Å²) in [4.78, 5) is 8.03. The van der Waals surface area contributed by atoms with Gasteiger partial charge in [-0.3, -0.25) is 4.99 Å². The third kappa shape index (κ3) is 2.89. The van der Waals surface area contributed by atoms with E-state index in [9.17, 15) is 0 Å². The second-order valence-corrected chi connectivity index (χ2v) is 5.18. The van der Waals surface area contributed by atoms with Crippen LogP contribution < -0.4 is 0 Å². The number of aliphatic imine (C=N–C) groups is 1. The van der Waals surface area contributed by atoms with Crippen LogP contribution in [0.4, 0.5) is 0 Å². The Kier molecular flexibility index (Phi) is 4.15. The van der Waals surface area contributed by atoms with E-state index in [0.29, 0.717) is 0 Å². The molecule has 0 radical (unpaired) electrons. The summed E-state index contributed by atoms with van der Waals surface area (Å²) in [6, 6.07) is 19.0. The fourth-order valence-electron chi connectivity index (χ4n) is 2.64. The van der Waals surface area contributed by atoms with E-state index < -0.39 is 0 Å². The first kappa shape index (κ1) is 13.6. The number of H-pyrrole nitrogens is 1. The molecule has 2 heteroatoms. The highest BCUT2D eigenvalue weighted by Crippen LogP contribution is 2.30. The number of hydrogen-bond acceptors (Lipinski definition) is 1. The highest BCUT2D eigenvalue weighted by Gasteiger charge is 2.11. The molecule has 0 bridgehead atoms. The van der Waals surface area contributed by atoms with Crippen molar-refractivity contribution in [2.24, 2.45) is 4.99 Å². The van der Waals surface area contributed by atoms with Gasteiger partial charge in [0.05, 0.1) is 5.69 Å². The number of fused-ring (bicyclic) bond motifs is 1. The summed E-state index contributed by atoms with van der Waals surface area (Å²) in [5.41, 5.74) is 4.96. The third-order valence-corrected chi connectivity index (χ3v) is 3.65. The van der Waals surface area contributed by atoms with Crippen LogP contribution in [0.15, 0.2) is 59.6 Å². The summed E-state index contributed by atoms with van der Waals surface area (Å²) in [6.07, 6.45) is 4.01. The Morgan fingerprint density at radius 1 is 1.00 bits per heavy atom. The number of benzene rings is 2. The van der Waals surface area contributed by atoms with Gasteiger partial charge in [0.15, 0.2) is 0 Å². The summed E-state index contributed by atoms with van der Waals surface area (Å²) in [5, 5.41) is 1.29. The van der Waals surface area contributed by atoms with Crippen molar-refractivity contribution in [2.75, 3.05) is 6.54 Å². The van der Waals surface area contributed by atoms with E-state index in [-0.39, 0.29) is 0 Å². The van der Waals surface area contributed by atoms with Crippen LogP contribution in [0.1, 0.15) is 18.9 Å². The maximum Gasteiger partial charge on any atom is 0.0501 e. The average Bonchev–Trinajstić information content (AvgIpc) is 2.91. The molecule has 0 unspecified atom stereocenters. The Hall–Kier alpha value is -2.35. The lowest BCUT2D eigenvalue weighted by molar-refractivity contribution is 0.934. The van der Waals surface area contributed by atoms with Crippen molar-refractivity contribution in [1.82, 2.24) is 4.98 Å². The van der Waals surface area contributed by atoms with E-state index in [0.717, 1.165) is 19.4 Å². The molecule has 21 heavy (non-hydrogen) atoms. The van der Waals surface area contributed by atoms with Gasteiger partial charge in [-0.1, -0.05) is 55.5 Å². The fraction of sp³-hybridized carbons (Fsp3) is 0.211. The smallest absolute Gasteiger partial charge is 0.0501 e. The molecule has 1 aromatic heterocycles. The summed E-state index contributed by atoms with van der Waals surface area (Å²) in [6.45, 7) is 3.06. The van der Waals surface area contributed by atoms with Crippen LogP contribution in [0.2, 0.25) is 0 Å². The van der Waals surface area contributed by atoms with Gasteiger partial charge in [-0.05, 0) is 23.6 Å². The minimum Gasteiger partial charge on any atom is -0.354 e. The zero-order chi connectivity index (χ0) is 14.5. The molecule has 0 spiro atoms. The standard InChI is InChI=1S/C19H20N2/c1-2-13-20-14-12-17-16-10-6-7-11-18(16)21-19(17)15-8-4-3-5-9-15/h3-11,14,21H,2,12-13H2,1H3. The Bertz CT molecular complexity index is 739. The molecule has 1 heterocycles. The fourth-order valence-corrected chi connectivity index (χ4v) is 2.64. The lowest BCUT2D eigenvalue weighted by Crippen LogP contribution is -1.90. The van der Waals surface area contributed by atoms with Crippen LogP contribution in [0.3, 0.4) is 0 Å². The molecule has 2 nitrogen and oxygen atoms in total. The van der Waals surface area contributed by atoms with Gasteiger partial charge < -0.3 is 4.98 Å². The second kappa shape index (κ2) is 6.40. The van der Waals surface area contributed by atoms with E-state index >= 15 is 0 Å². The summed E-state index contributed by atoms with van der Waals surface area (Å²) >= 11 is 0. The van der Waals surface area contributed by atoms with Crippen LogP contribution in [0, 0.1) is 0 Å². The monoisotopic (exact) mass is 276 g/mol. The normalized spacial score (nSPS) is 11.5. The van der Waals surface area contributed by atoms with Crippen LogP contribution >= 0.6 is 0 Å². The van der Waals surface area contributed by atoms with E-state index in [1.807, 2.05) is 6.21 Å². The predicted molar refractivity (Wildman–Crippen MR) is 91.1 cm³/mol. The van der Waals surface area contributed by atoms with Crippen LogP contribution in [-0.2, 0) is 6.42 Å². The molecule has 0 fully saturated rings. The molecule has 0 atom stereocenters. The number of aromatic amines is 1. The topological polar surface area (TPSA) is 28.1 Å². The van der Waals surface area contributed by atoms with Crippen molar-refractivity contribution >= 4 is 17.1 Å². The Morgan fingerprint density at radius 2 is 1.76 bits per heavy atom. The lowest BCUT2D eigenvalue weighted by atomic mass is 10.0. The molecule has 0 saturated heterocycles. The van der Waals surface area contributed by atoms with Gasteiger partial charge >= 0.3 is 0 Å². The van der Waals surface area contributed by atoms with E-state index in [1.54, 1.807) is 0 Å². The molecule has 0 aliphatic carbocycles. The minimum atomic E-state index is 0.869. The molecule has 0 saturated carbocycles. The molecular weight excluding hydrogens is 256 g/mol. The first-order valence-corrected chi connectivity index (χ1v) is 7.53. The summed E-state index contributed by atoms with van der Waals surface area (Å²) < 4.78 is 0. The molecule has 0 amide bonds. The maximum atomic E-state index is 4.47. The average molecular weight is 276 g/mol. The number of nitrogens with one attached hydrogen (secondary N) is 1. The number of aromatic nitrogens is 1. The highest BCUT2D eigenvalue weighted by molar-refractivity contribution is 5.92. The first-order valence-electron chi connectivity index (χ1n) is 7.53. The van der Waals surface area contributed by atoms with Crippen LogP contribution in [-0.4, -0.2) is 17.7 Å². The zero-order valence-electron chi connectivity index (χ0n) is 12.3. The number of hydrogen-bond donors (Lipinski definition) is 1. The van der Waals surface area contributed by atoms with E-state index in [2.05, 4.69) is 71.5 Å². The molecule has 3 rings (SSSR count). The van der Waals surface area contributed by atoms with Crippen molar-refractivity contribution in [2.45, 2.75) is 19.8 Å². The minimum absolute atomic E-state index is 0.869.